The number of likely N-dealkylation sites (N-methyl/N-ethyl adjacent to an activating group) is 1. The molecule has 0 saturated heterocycles. The molecule has 0 spiro atoms. The molecule has 0 fully saturated rings. The van der Waals surface area contributed by atoms with E-state index < -0.39 is 0 Å². The molecule has 0 atom stereocenters. The molecule has 180 valence electrons. The zero-order valence-corrected chi connectivity index (χ0v) is 20.8. The summed E-state index contributed by atoms with van der Waals surface area (Å²) in [4.78, 5) is 32.2. The number of ether oxygens (including phenoxy) is 2. The van der Waals surface area contributed by atoms with Crippen molar-refractivity contribution in [2.45, 2.75) is 51.1 Å². The third-order valence-electron chi connectivity index (χ3n) is 6.01. The highest BCUT2D eigenvalue weighted by molar-refractivity contribution is 8.00. The molecule has 0 unspecified atom stereocenters. The summed E-state index contributed by atoms with van der Waals surface area (Å²) in [7, 11) is 3.12. The minimum absolute atomic E-state index is 0.164. The molecule has 1 aromatic heterocycles. The molecule has 2 aromatic rings. The smallest absolute Gasteiger partial charge is 0.348 e. The highest BCUT2D eigenvalue weighted by Gasteiger charge is 2.21. The van der Waals surface area contributed by atoms with Gasteiger partial charge in [-0.05, 0) is 50.9 Å². The number of nitrogens with one attached hydrogen (secondary N) is 1. The van der Waals surface area contributed by atoms with Gasteiger partial charge in [-0.3, -0.25) is 9.36 Å². The number of hydrogen-bond donors (Lipinski definition) is 1. The molecular weight excluding hydrogens is 440 g/mol. The Morgan fingerprint density at radius 3 is 2.64 bits per heavy atom. The maximum absolute atomic E-state index is 12.9. The van der Waals surface area contributed by atoms with Gasteiger partial charge in [-0.15, -0.1) is 0 Å². The Balaban J connectivity index is 1.73. The van der Waals surface area contributed by atoms with E-state index in [0.29, 0.717) is 28.8 Å². The van der Waals surface area contributed by atoms with Crippen molar-refractivity contribution in [2.24, 2.45) is 0 Å². The average Bonchev–Trinajstić information content (AvgIpc) is 2.84. The molecule has 1 N–H and O–H groups in total. The number of methoxy groups -OCH3 is 2. The minimum Gasteiger partial charge on any atom is -0.497 e. The summed E-state index contributed by atoms with van der Waals surface area (Å²) in [6, 6.07) is 5.23. The molecule has 0 aliphatic heterocycles. The fraction of sp³-hybridized carbons (Fsp3) is 0.542. The van der Waals surface area contributed by atoms with Crippen LogP contribution in [0.5, 0.6) is 11.5 Å². The van der Waals surface area contributed by atoms with Crippen LogP contribution in [0.3, 0.4) is 0 Å². The van der Waals surface area contributed by atoms with E-state index in [1.54, 1.807) is 32.4 Å². The molecule has 1 aliphatic carbocycles. The Morgan fingerprint density at radius 1 is 1.18 bits per heavy atom. The maximum atomic E-state index is 12.9. The molecule has 8 nitrogen and oxygen atoms in total. The van der Waals surface area contributed by atoms with Crippen molar-refractivity contribution in [3.63, 3.8) is 0 Å². The summed E-state index contributed by atoms with van der Waals surface area (Å²) < 4.78 is 12.4. The van der Waals surface area contributed by atoms with Gasteiger partial charge in [-0.1, -0.05) is 25.6 Å². The van der Waals surface area contributed by atoms with E-state index in [2.05, 4.69) is 29.0 Å². The van der Waals surface area contributed by atoms with E-state index in [1.165, 1.54) is 11.8 Å². The van der Waals surface area contributed by atoms with Gasteiger partial charge in [0, 0.05) is 30.4 Å². The Labute approximate surface area is 199 Å². The van der Waals surface area contributed by atoms with Gasteiger partial charge >= 0.3 is 5.69 Å². The monoisotopic (exact) mass is 474 g/mol. The molecule has 0 bridgehead atoms. The average molecular weight is 475 g/mol. The van der Waals surface area contributed by atoms with E-state index in [-0.39, 0.29) is 17.3 Å². The van der Waals surface area contributed by atoms with Crippen molar-refractivity contribution < 1.29 is 14.3 Å². The first-order valence-electron chi connectivity index (χ1n) is 11.5. The molecule has 1 amide bonds. The number of hydrogen-bond acceptors (Lipinski definition) is 7. The van der Waals surface area contributed by atoms with E-state index in [4.69, 9.17) is 9.47 Å². The molecule has 1 heterocycles. The lowest BCUT2D eigenvalue weighted by Crippen LogP contribution is -2.35. The molecule has 3 rings (SSSR count). The van der Waals surface area contributed by atoms with Crippen LogP contribution in [0.1, 0.15) is 37.9 Å². The molecule has 1 aromatic carbocycles. The highest BCUT2D eigenvalue weighted by Crippen LogP contribution is 2.31. The predicted molar refractivity (Wildman–Crippen MR) is 132 cm³/mol. The lowest BCUT2D eigenvalue weighted by molar-refractivity contribution is -0.113. The molecular formula is C24H34N4O4S. The highest BCUT2D eigenvalue weighted by atomic mass is 32.2. The quantitative estimate of drug-likeness (QED) is 0.395. The van der Waals surface area contributed by atoms with Gasteiger partial charge in [0.1, 0.15) is 16.5 Å². The van der Waals surface area contributed by atoms with Crippen LogP contribution in [0.25, 0.3) is 0 Å². The SMILES string of the molecule is CCN(CC)CCn1c2c(c(SCC(=O)Nc3ccc(OC)cc3OC)nc1=O)CCCC2. The second-order valence-electron chi connectivity index (χ2n) is 7.91. The van der Waals surface area contributed by atoms with Crippen LogP contribution in [0, 0.1) is 0 Å². The zero-order valence-electron chi connectivity index (χ0n) is 20.0. The van der Waals surface area contributed by atoms with Crippen LogP contribution in [0.2, 0.25) is 0 Å². The lowest BCUT2D eigenvalue weighted by Gasteiger charge is -2.24. The largest absolute Gasteiger partial charge is 0.497 e. The number of carbonyl (C=O) groups is 1. The van der Waals surface area contributed by atoms with Crippen molar-refractivity contribution in [3.05, 3.63) is 39.9 Å². The maximum Gasteiger partial charge on any atom is 0.348 e. The number of anilines is 1. The Hall–Kier alpha value is -2.52. The second kappa shape index (κ2) is 12.1. The van der Waals surface area contributed by atoms with Crippen molar-refractivity contribution in [1.82, 2.24) is 14.5 Å². The zero-order chi connectivity index (χ0) is 23.8. The van der Waals surface area contributed by atoms with Crippen molar-refractivity contribution in [1.29, 1.82) is 0 Å². The first-order chi connectivity index (χ1) is 16.0. The number of carbonyl (C=O) groups excluding carboxylic acids is 1. The molecule has 9 heteroatoms. The molecule has 0 radical (unpaired) electrons. The van der Waals surface area contributed by atoms with Crippen molar-refractivity contribution >= 4 is 23.4 Å². The number of nitrogens with zero attached hydrogens (tertiary/aromatic N) is 3. The Morgan fingerprint density at radius 2 is 1.94 bits per heavy atom. The summed E-state index contributed by atoms with van der Waals surface area (Å²) in [5.74, 6) is 1.16. The number of thioether (sulfide) groups is 1. The fourth-order valence-corrected chi connectivity index (χ4v) is 4.98. The van der Waals surface area contributed by atoms with Crippen LogP contribution < -0.4 is 20.5 Å². The third kappa shape index (κ3) is 6.29. The summed E-state index contributed by atoms with van der Waals surface area (Å²) in [5, 5.41) is 3.56. The number of benzene rings is 1. The van der Waals surface area contributed by atoms with E-state index in [1.807, 2.05) is 4.57 Å². The molecule has 1 aliphatic rings. The van der Waals surface area contributed by atoms with Gasteiger partial charge in [-0.2, -0.15) is 4.98 Å². The normalized spacial score (nSPS) is 13.0. The molecule has 0 saturated carbocycles. The summed E-state index contributed by atoms with van der Waals surface area (Å²) in [5.41, 5.74) is 2.57. The van der Waals surface area contributed by atoms with Crippen LogP contribution in [0.4, 0.5) is 5.69 Å². The van der Waals surface area contributed by atoms with Gasteiger partial charge in [0.2, 0.25) is 5.91 Å². The van der Waals surface area contributed by atoms with Gasteiger partial charge in [0.25, 0.3) is 0 Å². The first kappa shape index (κ1) is 25.1. The Kier molecular flexibility index (Phi) is 9.20. The van der Waals surface area contributed by atoms with Crippen molar-refractivity contribution in [3.8, 4) is 11.5 Å². The summed E-state index contributed by atoms with van der Waals surface area (Å²) >= 11 is 1.33. The topological polar surface area (TPSA) is 85.7 Å². The lowest BCUT2D eigenvalue weighted by atomic mass is 9.97. The number of rotatable bonds is 11. The number of aromatic nitrogens is 2. The minimum atomic E-state index is -0.220. The fourth-order valence-electron chi connectivity index (χ4n) is 4.10. The van der Waals surface area contributed by atoms with Gasteiger partial charge in [-0.25, -0.2) is 4.79 Å². The van der Waals surface area contributed by atoms with Crippen LogP contribution in [0.15, 0.2) is 28.0 Å². The van der Waals surface area contributed by atoms with E-state index >= 15 is 0 Å². The van der Waals surface area contributed by atoms with Gasteiger partial charge in [0.15, 0.2) is 0 Å². The van der Waals surface area contributed by atoms with E-state index in [9.17, 15) is 9.59 Å². The predicted octanol–water partition coefficient (Wildman–Crippen LogP) is 3.21. The summed E-state index contributed by atoms with van der Waals surface area (Å²) in [6.45, 7) is 7.67. The van der Waals surface area contributed by atoms with Crippen LogP contribution in [-0.2, 0) is 24.2 Å². The third-order valence-corrected chi connectivity index (χ3v) is 7.03. The van der Waals surface area contributed by atoms with Crippen LogP contribution in [-0.4, -0.2) is 60.0 Å². The van der Waals surface area contributed by atoms with Crippen LogP contribution >= 0.6 is 11.8 Å². The number of fused-ring (bicyclic) bond motifs is 1. The van der Waals surface area contributed by atoms with Gasteiger partial charge < -0.3 is 19.7 Å². The number of amides is 1. The summed E-state index contributed by atoms with van der Waals surface area (Å²) in [6.07, 6.45) is 3.92. The first-order valence-corrected chi connectivity index (χ1v) is 12.5. The second-order valence-corrected chi connectivity index (χ2v) is 8.88. The molecule has 33 heavy (non-hydrogen) atoms. The van der Waals surface area contributed by atoms with Crippen molar-refractivity contribution in [2.75, 3.05) is 44.9 Å². The van der Waals surface area contributed by atoms with Gasteiger partial charge in [0.05, 0.1) is 25.7 Å². The van der Waals surface area contributed by atoms with E-state index in [0.717, 1.165) is 56.6 Å². The Bertz CT molecular complexity index is 1020. The standard InChI is InChI=1S/C24H34N4O4S/c1-5-27(6-2)13-14-28-20-10-8-7-9-18(20)23(26-24(28)30)33-16-22(29)25-19-12-11-17(31-3)15-21(19)32-4/h11-12,15H,5-10,13-14,16H2,1-4H3,(H,25,29).